The second-order valence-corrected chi connectivity index (χ2v) is 7.72. The van der Waals surface area contributed by atoms with Crippen LogP contribution in [0.25, 0.3) is 11.4 Å². The zero-order valence-corrected chi connectivity index (χ0v) is 16.2. The van der Waals surface area contributed by atoms with Crippen molar-refractivity contribution in [2.45, 2.75) is 32.2 Å². The Morgan fingerprint density at radius 2 is 1.93 bits per heavy atom. The van der Waals surface area contributed by atoms with E-state index < -0.39 is 10.0 Å². The molecule has 0 atom stereocenters. The maximum Gasteiger partial charge on any atom is 0.241 e. The third-order valence-electron chi connectivity index (χ3n) is 3.99. The third kappa shape index (κ3) is 4.35. The third-order valence-corrected chi connectivity index (χ3v) is 5.53. The van der Waals surface area contributed by atoms with Crippen LogP contribution in [0.15, 0.2) is 51.9 Å². The monoisotopic (exact) mass is 387 g/mol. The van der Waals surface area contributed by atoms with Crippen LogP contribution in [0.2, 0.25) is 0 Å². The molecule has 0 saturated heterocycles. The smallest absolute Gasteiger partial charge is 0.241 e. The highest BCUT2D eigenvalue weighted by molar-refractivity contribution is 7.89. The van der Waals surface area contributed by atoms with E-state index in [-0.39, 0.29) is 11.4 Å². The maximum absolute atomic E-state index is 12.9. The van der Waals surface area contributed by atoms with E-state index in [1.807, 2.05) is 31.2 Å². The number of hydrogen-bond acceptors (Lipinski definition) is 6. The molecule has 0 aliphatic heterocycles. The lowest BCUT2D eigenvalue weighted by Gasteiger charge is -2.13. The summed E-state index contributed by atoms with van der Waals surface area (Å²) < 4.78 is 38.9. The van der Waals surface area contributed by atoms with Gasteiger partial charge in [-0.15, -0.1) is 0 Å². The molecule has 1 heterocycles. The van der Waals surface area contributed by atoms with Crippen molar-refractivity contribution in [1.82, 2.24) is 14.9 Å². The molecule has 0 saturated carbocycles. The molecule has 8 heteroatoms. The largest absolute Gasteiger partial charge is 0.494 e. The van der Waals surface area contributed by atoms with Crippen molar-refractivity contribution < 1.29 is 17.7 Å². The Morgan fingerprint density at radius 1 is 1.15 bits per heavy atom. The Morgan fingerprint density at radius 3 is 2.63 bits per heavy atom. The Kier molecular flexibility index (Phi) is 5.57. The van der Waals surface area contributed by atoms with Crippen LogP contribution in [0.5, 0.6) is 5.75 Å². The molecule has 0 radical (unpaired) electrons. The number of aromatic nitrogens is 2. The quantitative estimate of drug-likeness (QED) is 0.669. The van der Waals surface area contributed by atoms with Crippen molar-refractivity contribution in [2.75, 3.05) is 6.61 Å². The van der Waals surface area contributed by atoms with Gasteiger partial charge in [0.1, 0.15) is 5.75 Å². The van der Waals surface area contributed by atoms with Crippen LogP contribution in [0.4, 0.5) is 0 Å². The van der Waals surface area contributed by atoms with Gasteiger partial charge in [-0.1, -0.05) is 35.5 Å². The summed E-state index contributed by atoms with van der Waals surface area (Å²) in [7, 11) is -3.74. The van der Waals surface area contributed by atoms with Gasteiger partial charge in [-0.3, -0.25) is 0 Å². The Hall–Kier alpha value is -2.71. The number of benzene rings is 2. The molecule has 142 valence electrons. The van der Waals surface area contributed by atoms with Crippen LogP contribution in [-0.2, 0) is 16.6 Å². The predicted molar refractivity (Wildman–Crippen MR) is 101 cm³/mol. The van der Waals surface area contributed by atoms with E-state index in [9.17, 15) is 8.42 Å². The first kappa shape index (κ1) is 19.1. The van der Waals surface area contributed by atoms with Crippen LogP contribution in [0, 0.1) is 13.8 Å². The Balaban J connectivity index is 1.87. The number of nitrogens with zero attached hydrogens (tertiary/aromatic N) is 2. The number of hydrogen-bond donors (Lipinski definition) is 1. The molecule has 0 aliphatic rings. The first-order valence-corrected chi connectivity index (χ1v) is 10.0. The van der Waals surface area contributed by atoms with Gasteiger partial charge in [-0.2, -0.15) is 4.98 Å². The van der Waals surface area contributed by atoms with Crippen LogP contribution >= 0.6 is 0 Å². The topological polar surface area (TPSA) is 94.3 Å². The first-order chi connectivity index (χ1) is 12.9. The van der Waals surface area contributed by atoms with Crippen molar-refractivity contribution in [2.24, 2.45) is 0 Å². The number of para-hydroxylation sites is 1. The summed E-state index contributed by atoms with van der Waals surface area (Å²) in [6, 6.07) is 12.4. The van der Waals surface area contributed by atoms with Crippen LogP contribution in [-0.4, -0.2) is 25.2 Å². The number of sulfonamides is 1. The van der Waals surface area contributed by atoms with E-state index >= 15 is 0 Å². The zero-order valence-electron chi connectivity index (χ0n) is 15.4. The summed E-state index contributed by atoms with van der Waals surface area (Å²) in [5.41, 5.74) is 1.97. The maximum atomic E-state index is 12.9. The van der Waals surface area contributed by atoms with Crippen molar-refractivity contribution in [3.05, 3.63) is 59.5 Å². The van der Waals surface area contributed by atoms with Gasteiger partial charge in [0, 0.05) is 24.6 Å². The highest BCUT2D eigenvalue weighted by Crippen LogP contribution is 2.24. The van der Waals surface area contributed by atoms with E-state index in [1.54, 1.807) is 32.0 Å². The zero-order chi connectivity index (χ0) is 19.4. The van der Waals surface area contributed by atoms with Gasteiger partial charge in [-0.25, -0.2) is 13.1 Å². The van der Waals surface area contributed by atoms with Crippen LogP contribution in [0.1, 0.15) is 23.9 Å². The molecule has 0 amide bonds. The highest BCUT2D eigenvalue weighted by atomic mass is 32.2. The molecule has 1 N–H and O–H groups in total. The molecule has 2 aromatic carbocycles. The van der Waals surface area contributed by atoms with Crippen molar-refractivity contribution in [1.29, 1.82) is 0 Å². The molecule has 27 heavy (non-hydrogen) atoms. The minimum absolute atomic E-state index is 0.128. The van der Waals surface area contributed by atoms with Gasteiger partial charge in [0.05, 0.1) is 11.5 Å². The lowest BCUT2D eigenvalue weighted by Crippen LogP contribution is -2.24. The van der Waals surface area contributed by atoms with Crippen LogP contribution in [0.3, 0.4) is 0 Å². The van der Waals surface area contributed by atoms with Crippen molar-refractivity contribution >= 4 is 10.0 Å². The van der Waals surface area contributed by atoms with Crippen LogP contribution < -0.4 is 9.46 Å². The Bertz CT molecular complexity index is 1040. The van der Waals surface area contributed by atoms with Gasteiger partial charge in [0.15, 0.2) is 0 Å². The summed E-state index contributed by atoms with van der Waals surface area (Å²) >= 11 is 0. The minimum atomic E-state index is -3.74. The summed E-state index contributed by atoms with van der Waals surface area (Å²) in [5, 5.41) is 3.85. The molecule has 0 spiro atoms. The SMILES string of the molecule is CCOc1ccccc1CNS(=O)(=O)c1cc(-c2noc(C)n2)ccc1C. The summed E-state index contributed by atoms with van der Waals surface area (Å²) in [6.07, 6.45) is 0. The number of ether oxygens (including phenoxy) is 1. The highest BCUT2D eigenvalue weighted by Gasteiger charge is 2.19. The lowest BCUT2D eigenvalue weighted by molar-refractivity contribution is 0.336. The summed E-state index contributed by atoms with van der Waals surface area (Å²) in [5.74, 6) is 1.43. The second-order valence-electron chi connectivity index (χ2n) is 5.98. The molecular weight excluding hydrogens is 366 g/mol. The Labute approximate surface area is 158 Å². The minimum Gasteiger partial charge on any atom is -0.494 e. The molecule has 3 aromatic rings. The van der Waals surface area contributed by atoms with Crippen molar-refractivity contribution in [3.8, 4) is 17.1 Å². The first-order valence-electron chi connectivity index (χ1n) is 8.52. The average molecular weight is 387 g/mol. The normalized spacial score (nSPS) is 11.5. The predicted octanol–water partition coefficient (Wildman–Crippen LogP) is 3.23. The van der Waals surface area contributed by atoms with Gasteiger partial charge in [0.25, 0.3) is 0 Å². The van der Waals surface area contributed by atoms with E-state index in [2.05, 4.69) is 14.9 Å². The van der Waals surface area contributed by atoms with Gasteiger partial charge in [0.2, 0.25) is 21.7 Å². The fourth-order valence-corrected chi connectivity index (χ4v) is 3.92. The number of nitrogens with one attached hydrogen (secondary N) is 1. The number of aryl methyl sites for hydroxylation is 2. The van der Waals surface area contributed by atoms with E-state index in [4.69, 9.17) is 9.26 Å². The van der Waals surface area contributed by atoms with Crippen molar-refractivity contribution in [3.63, 3.8) is 0 Å². The molecule has 0 unspecified atom stereocenters. The average Bonchev–Trinajstić information content (AvgIpc) is 3.08. The molecule has 0 bridgehead atoms. The van der Waals surface area contributed by atoms with E-state index in [0.29, 0.717) is 35.2 Å². The van der Waals surface area contributed by atoms with E-state index in [1.165, 1.54) is 0 Å². The number of rotatable bonds is 7. The van der Waals surface area contributed by atoms with E-state index in [0.717, 1.165) is 5.56 Å². The fraction of sp³-hybridized carbons (Fsp3) is 0.263. The fourth-order valence-electron chi connectivity index (χ4n) is 2.64. The van der Waals surface area contributed by atoms with Gasteiger partial charge in [-0.05, 0) is 31.5 Å². The molecule has 1 aromatic heterocycles. The molecule has 3 rings (SSSR count). The second kappa shape index (κ2) is 7.89. The summed E-state index contributed by atoms with van der Waals surface area (Å²) in [6.45, 7) is 5.95. The molecule has 7 nitrogen and oxygen atoms in total. The molecule has 0 aliphatic carbocycles. The van der Waals surface area contributed by atoms with Gasteiger partial charge < -0.3 is 9.26 Å². The lowest BCUT2D eigenvalue weighted by atomic mass is 10.1. The standard InChI is InChI=1S/C19H21N3O4S/c1-4-25-17-8-6-5-7-16(17)12-20-27(23,24)18-11-15(10-9-13(18)2)19-21-14(3)26-22-19/h5-11,20H,4,12H2,1-3H3. The molecular formula is C19H21N3O4S. The van der Waals surface area contributed by atoms with Gasteiger partial charge >= 0.3 is 0 Å². The summed E-state index contributed by atoms with van der Waals surface area (Å²) in [4.78, 5) is 4.33. The molecule has 0 fully saturated rings.